The molecule has 0 aromatic heterocycles. The normalized spacial score (nSPS) is 15.9. The largest absolute Gasteiger partial charge is 0.455 e. The number of para-hydroxylation sites is 2. The number of rotatable bonds is 1. The maximum Gasteiger partial charge on any atom is 0.151 e. The smallest absolute Gasteiger partial charge is 0.151 e. The molecule has 230 valence electrons. The monoisotopic (exact) mass is 627 g/mol. The molecule has 3 heteroatoms. The van der Waals surface area contributed by atoms with Crippen LogP contribution in [0.25, 0.3) is 32.7 Å². The number of ether oxygens (including phenoxy) is 2. The van der Waals surface area contributed by atoms with Crippen molar-refractivity contribution < 1.29 is 9.47 Å². The van der Waals surface area contributed by atoms with Gasteiger partial charge < -0.3 is 14.4 Å². The summed E-state index contributed by atoms with van der Waals surface area (Å²) in [5, 5.41) is 4.59. The molecular weight excluding hydrogens is 599 g/mol. The molecule has 0 amide bonds. The first kappa shape index (κ1) is 26.7. The summed E-state index contributed by atoms with van der Waals surface area (Å²) in [5.41, 5.74) is 10.1. The molecule has 0 unspecified atom stereocenters. The minimum Gasteiger partial charge on any atom is -0.455 e. The maximum atomic E-state index is 7.11. The van der Waals surface area contributed by atoms with Gasteiger partial charge in [0.1, 0.15) is 17.3 Å². The van der Waals surface area contributed by atoms with Crippen LogP contribution in [0.4, 0.5) is 11.4 Å². The molecule has 0 saturated heterocycles. The van der Waals surface area contributed by atoms with E-state index >= 15 is 0 Å². The van der Waals surface area contributed by atoms with Gasteiger partial charge >= 0.3 is 0 Å². The zero-order valence-electron chi connectivity index (χ0n) is 26.6. The zero-order chi connectivity index (χ0) is 32.1. The predicted molar refractivity (Wildman–Crippen MR) is 198 cm³/mol. The summed E-state index contributed by atoms with van der Waals surface area (Å²) < 4.78 is 13.6. The van der Waals surface area contributed by atoms with Crippen LogP contribution in [0, 0.1) is 0 Å². The fraction of sp³-hybridized carbons (Fsp3) is 0.0435. The van der Waals surface area contributed by atoms with E-state index in [0.717, 1.165) is 57.3 Å². The van der Waals surface area contributed by atoms with Gasteiger partial charge in [0.15, 0.2) is 5.75 Å². The summed E-state index contributed by atoms with van der Waals surface area (Å²) in [6.07, 6.45) is 9.20. The topological polar surface area (TPSA) is 21.7 Å². The Bertz CT molecular complexity index is 2570. The second-order valence-electron chi connectivity index (χ2n) is 13.2. The third-order valence-corrected chi connectivity index (χ3v) is 10.7. The first-order chi connectivity index (χ1) is 24.3. The van der Waals surface area contributed by atoms with E-state index in [2.05, 4.69) is 163 Å². The minimum atomic E-state index is -0.567. The first-order valence-electron chi connectivity index (χ1n) is 16.9. The van der Waals surface area contributed by atoms with Crippen LogP contribution in [0.2, 0.25) is 0 Å². The molecule has 2 heterocycles. The number of nitrogens with zero attached hydrogens (tertiary/aromatic N) is 1. The van der Waals surface area contributed by atoms with Crippen molar-refractivity contribution in [3.8, 4) is 28.4 Å². The van der Waals surface area contributed by atoms with Gasteiger partial charge in [-0.05, 0) is 63.4 Å². The third-order valence-electron chi connectivity index (χ3n) is 10.7. The van der Waals surface area contributed by atoms with Crippen LogP contribution in [0.15, 0.2) is 175 Å². The van der Waals surface area contributed by atoms with Gasteiger partial charge in [0.2, 0.25) is 0 Å². The second kappa shape index (κ2) is 9.85. The van der Waals surface area contributed by atoms with Crippen LogP contribution >= 0.6 is 0 Å². The Kier molecular flexibility index (Phi) is 5.37. The molecule has 3 nitrogen and oxygen atoms in total. The molecule has 0 radical (unpaired) electrons. The predicted octanol–water partition coefficient (Wildman–Crippen LogP) is 11.7. The van der Waals surface area contributed by atoms with Crippen molar-refractivity contribution in [1.82, 2.24) is 0 Å². The number of fused-ring (bicyclic) bond motifs is 14. The lowest BCUT2D eigenvalue weighted by Crippen LogP contribution is -2.32. The number of benzene rings is 7. The molecule has 7 aromatic carbocycles. The zero-order valence-corrected chi connectivity index (χ0v) is 26.6. The van der Waals surface area contributed by atoms with Crippen molar-refractivity contribution in [2.24, 2.45) is 0 Å². The van der Waals surface area contributed by atoms with Crippen molar-refractivity contribution in [3.63, 3.8) is 0 Å². The first-order valence-corrected chi connectivity index (χ1v) is 16.9. The lowest BCUT2D eigenvalue weighted by atomic mass is 9.65. The minimum absolute atomic E-state index is 0.567. The van der Waals surface area contributed by atoms with E-state index in [1.807, 2.05) is 6.07 Å². The number of hydrogen-bond acceptors (Lipinski definition) is 3. The molecule has 1 spiro atoms. The SMILES string of the molecule is C1=CCC2=C(C=C1)Oc1ccccc1N2c1ccc2c(c1)-c1ccccc1C21c2ccc3ccccc3c2Oc2c1ccc1ccccc21. The van der Waals surface area contributed by atoms with Gasteiger partial charge in [0.25, 0.3) is 0 Å². The van der Waals surface area contributed by atoms with Crippen molar-refractivity contribution in [2.75, 3.05) is 4.90 Å². The molecule has 49 heavy (non-hydrogen) atoms. The Morgan fingerprint density at radius 1 is 0.531 bits per heavy atom. The van der Waals surface area contributed by atoms with Gasteiger partial charge in [-0.3, -0.25) is 0 Å². The van der Waals surface area contributed by atoms with Crippen LogP contribution in [0.5, 0.6) is 17.2 Å². The van der Waals surface area contributed by atoms with E-state index in [9.17, 15) is 0 Å². The van der Waals surface area contributed by atoms with Crippen molar-refractivity contribution in [2.45, 2.75) is 11.8 Å². The van der Waals surface area contributed by atoms with E-state index in [1.54, 1.807) is 0 Å². The fourth-order valence-electron chi connectivity index (χ4n) is 8.71. The van der Waals surface area contributed by atoms with Gasteiger partial charge in [-0.1, -0.05) is 133 Å². The number of anilines is 2. The van der Waals surface area contributed by atoms with Crippen molar-refractivity contribution in [1.29, 1.82) is 0 Å². The van der Waals surface area contributed by atoms with E-state index in [0.29, 0.717) is 0 Å². The standard InChI is InChI=1S/C46H29NO2/c1-2-18-40-42(20-3-1)48-43-21-11-10-19-41(43)47(40)31-24-27-37-35(28-31)34-16-8-9-17-36(34)46(37)38-25-22-29-12-4-6-14-32(29)44(38)49-45-33-15-7-5-13-30(33)23-26-39(45)46/h1-17,19-28H,18H2. The number of allylic oxidation sites excluding steroid dienone is 4. The Hall–Kier alpha value is -6.32. The molecule has 4 aliphatic rings. The highest BCUT2D eigenvalue weighted by molar-refractivity contribution is 6.00. The fourth-order valence-corrected chi connectivity index (χ4v) is 8.71. The van der Waals surface area contributed by atoms with Gasteiger partial charge in [-0.2, -0.15) is 0 Å². The molecule has 0 fully saturated rings. The molecule has 11 rings (SSSR count). The van der Waals surface area contributed by atoms with E-state index in [1.165, 1.54) is 44.2 Å². The maximum absolute atomic E-state index is 7.11. The molecule has 0 bridgehead atoms. The average Bonchev–Trinajstić information content (AvgIpc) is 3.25. The third kappa shape index (κ3) is 3.51. The van der Waals surface area contributed by atoms with Gasteiger partial charge in [0.05, 0.1) is 16.8 Å². The number of hydrogen-bond donors (Lipinski definition) is 0. The second-order valence-corrected chi connectivity index (χ2v) is 13.2. The average molecular weight is 628 g/mol. The highest BCUT2D eigenvalue weighted by Crippen LogP contribution is 2.64. The summed E-state index contributed by atoms with van der Waals surface area (Å²) in [6.45, 7) is 0. The Labute approximate surface area is 284 Å². The molecule has 2 aliphatic carbocycles. The van der Waals surface area contributed by atoms with E-state index in [4.69, 9.17) is 9.47 Å². The molecule has 0 saturated carbocycles. The Morgan fingerprint density at radius 2 is 1.18 bits per heavy atom. The summed E-state index contributed by atoms with van der Waals surface area (Å²) >= 11 is 0. The van der Waals surface area contributed by atoms with Gasteiger partial charge in [-0.15, -0.1) is 0 Å². The highest BCUT2D eigenvalue weighted by Gasteiger charge is 2.52. The Morgan fingerprint density at radius 3 is 1.98 bits per heavy atom. The Balaban J connectivity index is 1.23. The van der Waals surface area contributed by atoms with Crippen molar-refractivity contribution >= 4 is 32.9 Å². The molecular formula is C46H29NO2. The highest BCUT2D eigenvalue weighted by atomic mass is 16.5. The van der Waals surface area contributed by atoms with Crippen LogP contribution < -0.4 is 14.4 Å². The van der Waals surface area contributed by atoms with Gasteiger partial charge in [0, 0.05) is 34.0 Å². The lowest BCUT2D eigenvalue weighted by molar-refractivity contribution is 0.427. The molecule has 0 N–H and O–H groups in total. The quantitative estimate of drug-likeness (QED) is 0.181. The summed E-state index contributed by atoms with van der Waals surface area (Å²) in [4.78, 5) is 2.38. The van der Waals surface area contributed by atoms with Crippen LogP contribution in [-0.2, 0) is 5.41 Å². The summed E-state index contributed by atoms with van der Waals surface area (Å²) in [5.74, 6) is 3.61. The van der Waals surface area contributed by atoms with Crippen LogP contribution in [0.1, 0.15) is 28.7 Å². The summed E-state index contributed by atoms with van der Waals surface area (Å²) in [6, 6.07) is 50.6. The molecule has 2 aliphatic heterocycles. The van der Waals surface area contributed by atoms with E-state index in [-0.39, 0.29) is 0 Å². The van der Waals surface area contributed by atoms with Crippen LogP contribution in [0.3, 0.4) is 0 Å². The van der Waals surface area contributed by atoms with Gasteiger partial charge in [-0.25, -0.2) is 0 Å². The van der Waals surface area contributed by atoms with E-state index < -0.39 is 5.41 Å². The lowest BCUT2D eigenvalue weighted by Gasteiger charge is -2.40. The molecule has 0 atom stereocenters. The molecule has 7 aromatic rings. The van der Waals surface area contributed by atoms with Crippen molar-refractivity contribution in [3.05, 3.63) is 198 Å². The summed E-state index contributed by atoms with van der Waals surface area (Å²) in [7, 11) is 0. The van der Waals surface area contributed by atoms with Crippen LogP contribution in [-0.4, -0.2) is 0 Å².